The lowest BCUT2D eigenvalue weighted by Gasteiger charge is -2.18. The lowest BCUT2D eigenvalue weighted by Crippen LogP contribution is -2.34. The summed E-state index contributed by atoms with van der Waals surface area (Å²) in [6.45, 7) is 0.456. The highest BCUT2D eigenvalue weighted by Gasteiger charge is 2.18. The van der Waals surface area contributed by atoms with Crippen LogP contribution in [0.5, 0.6) is 0 Å². The third kappa shape index (κ3) is 6.52. The number of rotatable bonds is 8. The zero-order chi connectivity index (χ0) is 21.6. The van der Waals surface area contributed by atoms with Crippen molar-refractivity contribution in [3.05, 3.63) is 64.4 Å². The Labute approximate surface area is 173 Å². The fourth-order valence-electron chi connectivity index (χ4n) is 2.27. The lowest BCUT2D eigenvalue weighted by atomic mass is 10.2. The first-order valence-electron chi connectivity index (χ1n) is 8.49. The van der Waals surface area contributed by atoms with E-state index in [0.29, 0.717) is 0 Å². The Bertz CT molecular complexity index is 976. The van der Waals surface area contributed by atoms with Crippen molar-refractivity contribution in [2.75, 3.05) is 20.2 Å². The highest BCUT2D eigenvalue weighted by atomic mass is 35.5. The summed E-state index contributed by atoms with van der Waals surface area (Å²) in [6, 6.07) is 10.2. The fraction of sp³-hybridized carbons (Fsp3) is 0.263. The molecule has 0 saturated carbocycles. The van der Waals surface area contributed by atoms with E-state index in [1.54, 1.807) is 12.1 Å². The molecule has 0 heterocycles. The van der Waals surface area contributed by atoms with Gasteiger partial charge in [-0.1, -0.05) is 35.4 Å². The highest BCUT2D eigenvalue weighted by Crippen LogP contribution is 2.20. The smallest absolute Gasteiger partial charge is 0.321 e. The van der Waals surface area contributed by atoms with Gasteiger partial charge in [0.25, 0.3) is 5.91 Å². The Morgan fingerprint density at radius 2 is 1.83 bits per heavy atom. The summed E-state index contributed by atoms with van der Waals surface area (Å²) >= 11 is 5.92. The normalized spacial score (nSPS) is 11.2. The number of esters is 1. The first-order chi connectivity index (χ1) is 13.6. The van der Waals surface area contributed by atoms with Crippen LogP contribution in [0.25, 0.3) is 0 Å². The molecule has 0 spiro atoms. The maximum atomic E-state index is 13.8. The van der Waals surface area contributed by atoms with Gasteiger partial charge < -0.3 is 9.64 Å². The van der Waals surface area contributed by atoms with Crippen LogP contribution in [0.15, 0.2) is 47.4 Å². The topological polar surface area (TPSA) is 92.8 Å². The molecule has 10 heteroatoms. The molecule has 0 saturated heterocycles. The van der Waals surface area contributed by atoms with Gasteiger partial charge in [-0.15, -0.1) is 0 Å². The molecular weight excluding hydrogens is 423 g/mol. The zero-order valence-electron chi connectivity index (χ0n) is 15.8. The molecule has 0 atom stereocenters. The maximum Gasteiger partial charge on any atom is 0.321 e. The number of nitrogens with zero attached hydrogens (tertiary/aromatic N) is 1. The Morgan fingerprint density at radius 1 is 1.17 bits per heavy atom. The highest BCUT2D eigenvalue weighted by molar-refractivity contribution is 7.89. The van der Waals surface area contributed by atoms with Crippen molar-refractivity contribution in [3.63, 3.8) is 0 Å². The van der Waals surface area contributed by atoms with Crippen molar-refractivity contribution < 1.29 is 27.1 Å². The SMILES string of the molecule is Cc1ccc(S(=O)(=O)NCC(=O)OCC(=O)N(C)Cc2c(F)cccc2Cl)cc1. The van der Waals surface area contributed by atoms with E-state index in [9.17, 15) is 22.4 Å². The van der Waals surface area contributed by atoms with Gasteiger partial charge in [0.15, 0.2) is 6.61 Å². The third-order valence-electron chi connectivity index (χ3n) is 3.98. The molecule has 0 aliphatic carbocycles. The van der Waals surface area contributed by atoms with Crippen LogP contribution in [-0.2, 0) is 30.9 Å². The average molecular weight is 443 g/mol. The molecule has 2 rings (SSSR count). The monoisotopic (exact) mass is 442 g/mol. The molecule has 1 amide bonds. The van der Waals surface area contributed by atoms with Crippen LogP contribution in [0.2, 0.25) is 5.02 Å². The van der Waals surface area contributed by atoms with Crippen molar-refractivity contribution >= 4 is 33.5 Å². The van der Waals surface area contributed by atoms with Gasteiger partial charge in [-0.05, 0) is 31.2 Å². The van der Waals surface area contributed by atoms with Crippen LogP contribution in [0.4, 0.5) is 4.39 Å². The van der Waals surface area contributed by atoms with Gasteiger partial charge in [0.1, 0.15) is 12.4 Å². The van der Waals surface area contributed by atoms with Crippen molar-refractivity contribution in [2.45, 2.75) is 18.4 Å². The van der Waals surface area contributed by atoms with E-state index in [2.05, 4.69) is 4.72 Å². The molecule has 0 bridgehead atoms. The van der Waals surface area contributed by atoms with E-state index in [0.717, 1.165) is 10.5 Å². The molecule has 0 radical (unpaired) electrons. The van der Waals surface area contributed by atoms with Crippen LogP contribution in [0.3, 0.4) is 0 Å². The van der Waals surface area contributed by atoms with E-state index in [4.69, 9.17) is 16.3 Å². The predicted molar refractivity (Wildman–Crippen MR) is 105 cm³/mol. The van der Waals surface area contributed by atoms with Gasteiger partial charge in [0.05, 0.1) is 4.90 Å². The number of amides is 1. The number of nitrogens with one attached hydrogen (secondary N) is 1. The van der Waals surface area contributed by atoms with Crippen molar-refractivity contribution in [1.82, 2.24) is 9.62 Å². The maximum absolute atomic E-state index is 13.8. The largest absolute Gasteiger partial charge is 0.455 e. The first-order valence-corrected chi connectivity index (χ1v) is 10.3. The van der Waals surface area contributed by atoms with Crippen molar-refractivity contribution in [1.29, 1.82) is 0 Å². The fourth-order valence-corrected chi connectivity index (χ4v) is 3.46. The minimum Gasteiger partial charge on any atom is -0.455 e. The Morgan fingerprint density at radius 3 is 2.45 bits per heavy atom. The van der Waals surface area contributed by atoms with E-state index in [-0.39, 0.29) is 22.0 Å². The summed E-state index contributed by atoms with van der Waals surface area (Å²) in [6.07, 6.45) is 0. The molecule has 29 heavy (non-hydrogen) atoms. The Hall–Kier alpha value is -2.49. The quantitative estimate of drug-likeness (QED) is 0.633. The molecule has 156 valence electrons. The number of carbonyl (C=O) groups is 2. The van der Waals surface area contributed by atoms with Crippen LogP contribution >= 0.6 is 11.6 Å². The van der Waals surface area contributed by atoms with E-state index >= 15 is 0 Å². The van der Waals surface area contributed by atoms with E-state index in [1.807, 2.05) is 6.92 Å². The van der Waals surface area contributed by atoms with Crippen LogP contribution in [-0.4, -0.2) is 45.4 Å². The summed E-state index contributed by atoms with van der Waals surface area (Å²) in [5, 5.41) is 0.173. The molecule has 0 aromatic heterocycles. The number of ether oxygens (including phenoxy) is 1. The zero-order valence-corrected chi connectivity index (χ0v) is 17.4. The average Bonchev–Trinajstić information content (AvgIpc) is 2.67. The molecule has 0 aliphatic heterocycles. The molecule has 2 aromatic carbocycles. The summed E-state index contributed by atoms with van der Waals surface area (Å²) in [7, 11) is -2.48. The molecule has 7 nitrogen and oxygen atoms in total. The number of likely N-dealkylation sites (N-methyl/N-ethyl adjacent to an activating group) is 1. The lowest BCUT2D eigenvalue weighted by molar-refractivity contribution is -0.150. The second-order valence-electron chi connectivity index (χ2n) is 6.25. The number of hydrogen-bond acceptors (Lipinski definition) is 5. The van der Waals surface area contributed by atoms with Crippen LogP contribution in [0.1, 0.15) is 11.1 Å². The minimum atomic E-state index is -3.88. The molecule has 0 unspecified atom stereocenters. The van der Waals surface area contributed by atoms with Crippen molar-refractivity contribution in [3.8, 4) is 0 Å². The molecule has 1 N–H and O–H groups in total. The second-order valence-corrected chi connectivity index (χ2v) is 8.42. The number of halogens is 2. The summed E-state index contributed by atoms with van der Waals surface area (Å²) in [5.74, 6) is -2.08. The summed E-state index contributed by atoms with van der Waals surface area (Å²) < 4.78 is 44.9. The van der Waals surface area contributed by atoms with Gasteiger partial charge in [0, 0.05) is 24.2 Å². The van der Waals surface area contributed by atoms with Gasteiger partial charge in [-0.25, -0.2) is 12.8 Å². The number of carbonyl (C=O) groups excluding carboxylic acids is 2. The van der Waals surface area contributed by atoms with Gasteiger partial charge in [-0.2, -0.15) is 4.72 Å². The number of benzene rings is 2. The van der Waals surface area contributed by atoms with Gasteiger partial charge in [-0.3, -0.25) is 9.59 Å². The Balaban J connectivity index is 1.83. The summed E-state index contributed by atoms with van der Waals surface area (Å²) in [4.78, 5) is 25.0. The van der Waals surface area contributed by atoms with Gasteiger partial charge >= 0.3 is 5.97 Å². The molecule has 0 fully saturated rings. The summed E-state index contributed by atoms with van der Waals surface area (Å²) in [5.41, 5.74) is 1.03. The van der Waals surface area contributed by atoms with E-state index in [1.165, 1.54) is 37.4 Å². The van der Waals surface area contributed by atoms with Gasteiger partial charge in [0.2, 0.25) is 10.0 Å². The standard InChI is InChI=1S/C19H20ClFN2O5S/c1-13-6-8-14(9-7-13)29(26,27)22-10-19(25)28-12-18(24)23(2)11-15-16(20)4-3-5-17(15)21/h3-9,22H,10-12H2,1-2H3. The minimum absolute atomic E-state index is 0.00785. The number of aryl methyl sites for hydroxylation is 1. The first kappa shape index (κ1) is 22.8. The van der Waals surface area contributed by atoms with Crippen LogP contribution in [0, 0.1) is 12.7 Å². The molecule has 2 aromatic rings. The number of hydrogen-bond donors (Lipinski definition) is 1. The Kier molecular flexibility index (Phi) is 7.72. The van der Waals surface area contributed by atoms with Crippen LogP contribution < -0.4 is 4.72 Å². The number of sulfonamides is 1. The third-order valence-corrected chi connectivity index (χ3v) is 5.75. The van der Waals surface area contributed by atoms with Crippen molar-refractivity contribution in [2.24, 2.45) is 0 Å². The van der Waals surface area contributed by atoms with E-state index < -0.39 is 40.9 Å². The second kappa shape index (κ2) is 9.82. The molecular formula is C19H20ClFN2O5S. The molecule has 0 aliphatic rings. The predicted octanol–water partition coefficient (Wildman–Crippen LogP) is 2.27.